The van der Waals surface area contributed by atoms with E-state index in [1.807, 2.05) is 42.5 Å². The lowest BCUT2D eigenvalue weighted by Crippen LogP contribution is -2.23. The molecule has 5 aromatic carbocycles. The molecule has 8 nitrogen and oxygen atoms in total. The highest BCUT2D eigenvalue weighted by Crippen LogP contribution is 2.37. The summed E-state index contributed by atoms with van der Waals surface area (Å²) in [4.78, 5) is 15.3. The van der Waals surface area contributed by atoms with Crippen molar-refractivity contribution in [3.05, 3.63) is 146 Å². The molecular weight excluding hydrogens is 717 g/mol. The molecule has 11 heteroatoms. The Balaban J connectivity index is 0.000000295. The van der Waals surface area contributed by atoms with Gasteiger partial charge in [0, 0.05) is 59.5 Å². The van der Waals surface area contributed by atoms with Gasteiger partial charge in [-0.3, -0.25) is 10.1 Å². The number of benzene rings is 5. The number of imidazole rings is 1. The first-order chi connectivity index (χ1) is 24.5. The summed E-state index contributed by atoms with van der Waals surface area (Å²) < 4.78 is 8.54. The van der Waals surface area contributed by atoms with Crippen LogP contribution in [0.4, 0.5) is 5.69 Å². The molecule has 52 heavy (non-hydrogen) atoms. The maximum Gasteiger partial charge on any atom is 0.269 e. The first-order valence-electron chi connectivity index (χ1n) is 17.3. The number of aromatic nitrogens is 2. The molecule has 270 valence electrons. The minimum Gasteiger partial charge on any atom is -0.457 e. The van der Waals surface area contributed by atoms with Crippen LogP contribution in [-0.2, 0) is 32.4 Å². The summed E-state index contributed by atoms with van der Waals surface area (Å²) in [5, 5.41) is 20.0. The second kappa shape index (κ2) is 17.9. The normalized spacial score (nSPS) is 13.0. The Hall–Kier alpha value is -4.44. The van der Waals surface area contributed by atoms with Gasteiger partial charge in [-0.1, -0.05) is 61.3 Å². The fourth-order valence-electron chi connectivity index (χ4n) is 6.69. The van der Waals surface area contributed by atoms with E-state index >= 15 is 0 Å². The first-order valence-corrected chi connectivity index (χ1v) is 17.7. The predicted molar refractivity (Wildman–Crippen MR) is 215 cm³/mol. The molecule has 3 heterocycles. The quantitative estimate of drug-likeness (QED) is 0.119. The van der Waals surface area contributed by atoms with Crippen LogP contribution in [-0.4, -0.2) is 27.6 Å². The van der Waals surface area contributed by atoms with Crippen LogP contribution in [0.15, 0.2) is 103 Å². The Morgan fingerprint density at radius 3 is 2.19 bits per heavy atom. The number of nitro groups is 1. The molecule has 0 amide bonds. The van der Waals surface area contributed by atoms with Gasteiger partial charge in [-0.05, 0) is 109 Å². The van der Waals surface area contributed by atoms with Gasteiger partial charge in [-0.15, -0.1) is 24.8 Å². The minimum absolute atomic E-state index is 0. The molecule has 0 spiro atoms. The van der Waals surface area contributed by atoms with Gasteiger partial charge < -0.3 is 19.9 Å². The molecular formula is C41H42Cl3N5O3. The monoisotopic (exact) mass is 757 g/mol. The van der Waals surface area contributed by atoms with E-state index in [0.717, 1.165) is 103 Å². The fourth-order valence-corrected chi connectivity index (χ4v) is 6.82. The van der Waals surface area contributed by atoms with Crippen molar-refractivity contribution in [2.75, 3.05) is 13.1 Å². The molecule has 2 aliphatic rings. The van der Waals surface area contributed by atoms with E-state index in [9.17, 15) is 10.1 Å². The summed E-state index contributed by atoms with van der Waals surface area (Å²) >= 11 is 6.06. The van der Waals surface area contributed by atoms with Crippen molar-refractivity contribution in [3.63, 3.8) is 0 Å². The number of halogens is 3. The average Bonchev–Trinajstić information content (AvgIpc) is 3.58. The second-order valence-corrected chi connectivity index (χ2v) is 13.2. The largest absolute Gasteiger partial charge is 0.457 e. The van der Waals surface area contributed by atoms with Crippen LogP contribution >= 0.6 is 36.4 Å². The maximum absolute atomic E-state index is 10.5. The van der Waals surface area contributed by atoms with Crippen molar-refractivity contribution in [1.29, 1.82) is 0 Å². The summed E-state index contributed by atoms with van der Waals surface area (Å²) in [5.74, 6) is 2.68. The van der Waals surface area contributed by atoms with E-state index < -0.39 is 0 Å². The lowest BCUT2D eigenvalue weighted by molar-refractivity contribution is -0.384. The highest BCUT2D eigenvalue weighted by Gasteiger charge is 2.17. The summed E-state index contributed by atoms with van der Waals surface area (Å²) in [5.41, 5.74) is 8.56. The number of unbranched alkanes of at least 4 members (excludes halogenated alkanes) is 1. The molecule has 0 atom stereocenters. The SMILES string of the molecule is CCCCc1nc(-c2ccc(Oc3ccc(Cl)cc3)c3ccccc23)cn1-c1ccc2c(c1)CNCC2.Cl.Cl.O=[N+]([O-])c1ccc2c(c1)CNCC2. The van der Waals surface area contributed by atoms with Gasteiger partial charge in [-0.25, -0.2) is 4.98 Å². The predicted octanol–water partition coefficient (Wildman–Crippen LogP) is 10.2. The molecule has 1 aromatic heterocycles. The van der Waals surface area contributed by atoms with Crippen molar-refractivity contribution >= 4 is 52.9 Å². The Bertz CT molecular complexity index is 2150. The number of nitrogens with one attached hydrogen (secondary N) is 2. The van der Waals surface area contributed by atoms with Gasteiger partial charge in [0.2, 0.25) is 0 Å². The third kappa shape index (κ3) is 8.77. The third-order valence-corrected chi connectivity index (χ3v) is 9.63. The number of fused-ring (bicyclic) bond motifs is 3. The van der Waals surface area contributed by atoms with Crippen LogP contribution in [0.2, 0.25) is 5.02 Å². The minimum atomic E-state index is -0.352. The van der Waals surface area contributed by atoms with Gasteiger partial charge in [-0.2, -0.15) is 0 Å². The molecule has 6 aromatic rings. The number of aryl methyl sites for hydroxylation is 1. The van der Waals surface area contributed by atoms with Gasteiger partial charge in [0.25, 0.3) is 5.69 Å². The number of ether oxygens (including phenoxy) is 1. The second-order valence-electron chi connectivity index (χ2n) is 12.7. The highest BCUT2D eigenvalue weighted by atomic mass is 35.5. The van der Waals surface area contributed by atoms with Crippen molar-refractivity contribution in [3.8, 4) is 28.4 Å². The zero-order chi connectivity index (χ0) is 34.5. The maximum atomic E-state index is 10.5. The number of nitrogens with zero attached hydrogens (tertiary/aromatic N) is 3. The number of rotatable bonds is 8. The number of nitro benzene ring substituents is 1. The number of hydrogen-bond acceptors (Lipinski definition) is 6. The van der Waals surface area contributed by atoms with E-state index in [4.69, 9.17) is 21.3 Å². The Kier molecular flexibility index (Phi) is 13.3. The summed E-state index contributed by atoms with van der Waals surface area (Å²) in [6.07, 6.45) is 7.44. The summed E-state index contributed by atoms with van der Waals surface area (Å²) in [6.45, 7) is 5.91. The van der Waals surface area contributed by atoms with Crippen LogP contribution in [0, 0.1) is 10.1 Å². The zero-order valence-electron chi connectivity index (χ0n) is 28.9. The number of hydrogen-bond donors (Lipinski definition) is 2. The van der Waals surface area contributed by atoms with Crippen LogP contribution in [0.5, 0.6) is 11.5 Å². The molecule has 0 bridgehead atoms. The zero-order valence-corrected chi connectivity index (χ0v) is 31.3. The standard InChI is InChI=1S/C32H30ClN3O.C9H10N2O2.2ClH/c1-2-3-8-32-35-30(21-36(32)25-12-9-22-17-18-34-20-23(22)19-25)28-15-16-31(29-7-5-4-6-27(28)29)37-26-13-10-24(33)11-14-26;12-11(13)9-2-1-7-3-4-10-6-8(7)5-9;;/h4-7,9-16,19,21,34H,2-3,8,17-18,20H2,1H3;1-2,5,10H,3-4,6H2;2*1H. The van der Waals surface area contributed by atoms with E-state index in [1.54, 1.807) is 12.1 Å². The summed E-state index contributed by atoms with van der Waals surface area (Å²) in [7, 11) is 0. The smallest absolute Gasteiger partial charge is 0.269 e. The van der Waals surface area contributed by atoms with E-state index in [1.165, 1.54) is 22.4 Å². The van der Waals surface area contributed by atoms with E-state index in [2.05, 4.69) is 70.8 Å². The van der Waals surface area contributed by atoms with Crippen LogP contribution in [0.1, 0.15) is 47.8 Å². The molecule has 0 fully saturated rings. The molecule has 0 radical (unpaired) electrons. The van der Waals surface area contributed by atoms with Gasteiger partial charge >= 0.3 is 0 Å². The Morgan fingerprint density at radius 1 is 0.827 bits per heavy atom. The lowest BCUT2D eigenvalue weighted by Gasteiger charge is -2.18. The van der Waals surface area contributed by atoms with Gasteiger partial charge in [0.1, 0.15) is 17.3 Å². The third-order valence-electron chi connectivity index (χ3n) is 9.38. The Morgan fingerprint density at radius 2 is 1.50 bits per heavy atom. The molecule has 0 saturated heterocycles. The first kappa shape index (κ1) is 38.8. The van der Waals surface area contributed by atoms with Crippen molar-refractivity contribution in [2.24, 2.45) is 0 Å². The van der Waals surface area contributed by atoms with Gasteiger partial charge in [0.05, 0.1) is 10.6 Å². The molecule has 0 saturated carbocycles. The molecule has 0 aliphatic carbocycles. The van der Waals surface area contributed by atoms with Gasteiger partial charge in [0.15, 0.2) is 0 Å². The fraction of sp³-hybridized carbons (Fsp3) is 0.244. The molecule has 0 unspecified atom stereocenters. The average molecular weight is 759 g/mol. The summed E-state index contributed by atoms with van der Waals surface area (Å²) in [6, 6.07) is 31.9. The van der Waals surface area contributed by atoms with Crippen molar-refractivity contribution in [2.45, 2.75) is 52.1 Å². The molecule has 8 rings (SSSR count). The number of non-ortho nitro benzene ring substituents is 1. The Labute approximate surface area is 321 Å². The van der Waals surface area contributed by atoms with E-state index in [0.29, 0.717) is 5.02 Å². The van der Waals surface area contributed by atoms with Crippen molar-refractivity contribution < 1.29 is 9.66 Å². The molecule has 2 N–H and O–H groups in total. The topological polar surface area (TPSA) is 94.2 Å². The lowest BCUT2D eigenvalue weighted by atomic mass is 10.0. The van der Waals surface area contributed by atoms with Crippen molar-refractivity contribution in [1.82, 2.24) is 20.2 Å². The van der Waals surface area contributed by atoms with Crippen LogP contribution < -0.4 is 15.4 Å². The van der Waals surface area contributed by atoms with E-state index in [-0.39, 0.29) is 35.4 Å². The van der Waals surface area contributed by atoms with Crippen LogP contribution in [0.25, 0.3) is 27.7 Å². The van der Waals surface area contributed by atoms with Crippen LogP contribution in [0.3, 0.4) is 0 Å². The molecule has 2 aliphatic heterocycles. The highest BCUT2D eigenvalue weighted by molar-refractivity contribution is 6.30.